The predicted octanol–water partition coefficient (Wildman–Crippen LogP) is 3.69. The van der Waals surface area contributed by atoms with Crippen molar-refractivity contribution in [3.8, 4) is 5.75 Å². The van der Waals surface area contributed by atoms with Gasteiger partial charge in [0.25, 0.3) is 0 Å². The molecule has 0 aromatic heterocycles. The Morgan fingerprint density at radius 3 is 2.36 bits per heavy atom. The molecule has 0 aliphatic carbocycles. The van der Waals surface area contributed by atoms with E-state index in [9.17, 15) is 9.59 Å². The summed E-state index contributed by atoms with van der Waals surface area (Å²) in [6.45, 7) is 5.82. The molecule has 5 heteroatoms. The molecule has 1 N–H and O–H groups in total. The fraction of sp³-hybridized carbons (Fsp3) is 0.300. The van der Waals surface area contributed by atoms with Crippen LogP contribution in [-0.2, 0) is 9.59 Å². The van der Waals surface area contributed by atoms with Crippen LogP contribution in [-0.4, -0.2) is 25.5 Å². The second kappa shape index (κ2) is 8.33. The van der Waals surface area contributed by atoms with Crippen LogP contribution in [0.25, 0.3) is 0 Å². The maximum atomic E-state index is 12.2. The minimum atomic E-state index is -0.149. The molecule has 0 radical (unpaired) electrons. The molecule has 0 heterocycles. The first-order valence-corrected chi connectivity index (χ1v) is 8.19. The third-order valence-corrected chi connectivity index (χ3v) is 3.81. The van der Waals surface area contributed by atoms with Crippen molar-refractivity contribution < 1.29 is 14.3 Å². The first-order chi connectivity index (χ1) is 11.9. The molecule has 0 saturated heterocycles. The van der Waals surface area contributed by atoms with Crippen LogP contribution in [0.5, 0.6) is 5.75 Å². The van der Waals surface area contributed by atoms with Crippen LogP contribution in [0, 0.1) is 13.8 Å². The van der Waals surface area contributed by atoms with Crippen molar-refractivity contribution in [2.45, 2.75) is 27.2 Å². The van der Waals surface area contributed by atoms with Gasteiger partial charge in [-0.3, -0.25) is 9.59 Å². The average molecular weight is 340 g/mol. The fourth-order valence-electron chi connectivity index (χ4n) is 2.71. The van der Waals surface area contributed by atoms with Crippen LogP contribution >= 0.6 is 0 Å². The quantitative estimate of drug-likeness (QED) is 0.872. The van der Waals surface area contributed by atoms with E-state index in [-0.39, 0.29) is 18.2 Å². The number of aryl methyl sites for hydroxylation is 2. The van der Waals surface area contributed by atoms with E-state index in [0.29, 0.717) is 18.0 Å². The number of methoxy groups -OCH3 is 1. The number of nitrogens with zero attached hydrogens (tertiary/aromatic N) is 1. The van der Waals surface area contributed by atoms with Crippen molar-refractivity contribution in [2.75, 3.05) is 23.9 Å². The van der Waals surface area contributed by atoms with Crippen LogP contribution in [0.1, 0.15) is 24.5 Å². The van der Waals surface area contributed by atoms with Crippen molar-refractivity contribution in [3.05, 3.63) is 53.6 Å². The number of rotatable bonds is 6. The summed E-state index contributed by atoms with van der Waals surface area (Å²) in [6.07, 6.45) is 0.212. The Morgan fingerprint density at radius 1 is 1.08 bits per heavy atom. The van der Waals surface area contributed by atoms with Crippen molar-refractivity contribution in [1.29, 1.82) is 0 Å². The second-order valence-electron chi connectivity index (χ2n) is 6.05. The van der Waals surface area contributed by atoms with Crippen LogP contribution < -0.4 is 15.0 Å². The van der Waals surface area contributed by atoms with E-state index >= 15 is 0 Å². The fourth-order valence-corrected chi connectivity index (χ4v) is 2.71. The molecule has 2 aromatic rings. The molecule has 0 fully saturated rings. The van der Waals surface area contributed by atoms with Gasteiger partial charge in [-0.25, -0.2) is 0 Å². The maximum absolute atomic E-state index is 12.2. The second-order valence-corrected chi connectivity index (χ2v) is 6.05. The highest BCUT2D eigenvalue weighted by Crippen LogP contribution is 2.20. The maximum Gasteiger partial charge on any atom is 0.226 e. The first kappa shape index (κ1) is 18.5. The lowest BCUT2D eigenvalue weighted by Crippen LogP contribution is -2.32. The summed E-state index contributed by atoms with van der Waals surface area (Å²) in [7, 11) is 1.58. The molecular formula is C20H24N2O3. The number of amides is 2. The van der Waals surface area contributed by atoms with E-state index in [2.05, 4.69) is 11.4 Å². The van der Waals surface area contributed by atoms with Crippen LogP contribution in [0.3, 0.4) is 0 Å². The summed E-state index contributed by atoms with van der Waals surface area (Å²) in [5.74, 6) is 0.446. The van der Waals surface area contributed by atoms with Crippen molar-refractivity contribution in [3.63, 3.8) is 0 Å². The zero-order valence-corrected chi connectivity index (χ0v) is 15.1. The Labute approximate surface area is 148 Å². The summed E-state index contributed by atoms with van der Waals surface area (Å²) in [6, 6.07) is 13.1. The summed E-state index contributed by atoms with van der Waals surface area (Å²) >= 11 is 0. The smallest absolute Gasteiger partial charge is 0.226 e. The van der Waals surface area contributed by atoms with Gasteiger partial charge in [0.1, 0.15) is 5.75 Å². The lowest BCUT2D eigenvalue weighted by molar-refractivity contribution is -0.117. The number of ether oxygens (including phenoxy) is 1. The number of nitrogens with one attached hydrogen (secondary N) is 1. The van der Waals surface area contributed by atoms with E-state index in [1.807, 2.05) is 38.1 Å². The van der Waals surface area contributed by atoms with Crippen LogP contribution in [0.15, 0.2) is 42.5 Å². The molecule has 0 aliphatic rings. The lowest BCUT2D eigenvalue weighted by Gasteiger charge is -2.22. The summed E-state index contributed by atoms with van der Waals surface area (Å²) in [5, 5.41) is 2.83. The molecule has 5 nitrogen and oxygen atoms in total. The monoisotopic (exact) mass is 340 g/mol. The topological polar surface area (TPSA) is 58.6 Å². The Balaban J connectivity index is 2.03. The minimum absolute atomic E-state index is 0.0841. The minimum Gasteiger partial charge on any atom is -0.497 e. The highest BCUT2D eigenvalue weighted by atomic mass is 16.5. The van der Waals surface area contributed by atoms with Crippen molar-refractivity contribution >= 4 is 23.2 Å². The molecule has 25 heavy (non-hydrogen) atoms. The van der Waals surface area contributed by atoms with Gasteiger partial charge in [0.05, 0.1) is 7.11 Å². The Morgan fingerprint density at radius 2 is 1.76 bits per heavy atom. The number of anilines is 2. The third kappa shape index (κ3) is 5.35. The van der Waals surface area contributed by atoms with Gasteiger partial charge in [0, 0.05) is 37.3 Å². The molecule has 0 bridgehead atoms. The average Bonchev–Trinajstić information content (AvgIpc) is 2.54. The normalized spacial score (nSPS) is 10.2. The molecule has 2 rings (SSSR count). The highest BCUT2D eigenvalue weighted by Gasteiger charge is 2.14. The largest absolute Gasteiger partial charge is 0.497 e. The lowest BCUT2D eigenvalue weighted by atomic mass is 10.1. The van der Waals surface area contributed by atoms with Crippen molar-refractivity contribution in [2.24, 2.45) is 0 Å². The number of hydrogen-bond donors (Lipinski definition) is 1. The number of benzene rings is 2. The van der Waals surface area contributed by atoms with Gasteiger partial charge in [-0.2, -0.15) is 0 Å². The molecule has 2 aromatic carbocycles. The van der Waals surface area contributed by atoms with Gasteiger partial charge in [-0.05, 0) is 49.2 Å². The van der Waals surface area contributed by atoms with Gasteiger partial charge in [0.15, 0.2) is 0 Å². The number of carbonyl (C=O) groups excluding carboxylic acids is 2. The van der Waals surface area contributed by atoms with E-state index in [0.717, 1.165) is 16.8 Å². The number of carbonyl (C=O) groups is 2. The Kier molecular flexibility index (Phi) is 6.17. The van der Waals surface area contributed by atoms with Gasteiger partial charge in [0.2, 0.25) is 11.8 Å². The zero-order valence-electron chi connectivity index (χ0n) is 15.1. The van der Waals surface area contributed by atoms with E-state index in [1.165, 1.54) is 6.92 Å². The van der Waals surface area contributed by atoms with Crippen molar-refractivity contribution in [1.82, 2.24) is 0 Å². The molecule has 0 spiro atoms. The molecule has 0 atom stereocenters. The predicted molar refractivity (Wildman–Crippen MR) is 100 cm³/mol. The van der Waals surface area contributed by atoms with Gasteiger partial charge in [-0.1, -0.05) is 12.1 Å². The summed E-state index contributed by atoms with van der Waals surface area (Å²) < 4.78 is 5.14. The van der Waals surface area contributed by atoms with E-state index in [4.69, 9.17) is 4.74 Å². The molecule has 0 saturated carbocycles. The SMILES string of the molecule is COc1cccc(NC(=O)CCN(C(C)=O)c2cc(C)cc(C)c2)c1. The van der Waals surface area contributed by atoms with E-state index in [1.54, 1.807) is 24.1 Å². The molecule has 132 valence electrons. The zero-order chi connectivity index (χ0) is 18.4. The van der Waals surface area contributed by atoms with Gasteiger partial charge >= 0.3 is 0 Å². The van der Waals surface area contributed by atoms with Crippen LogP contribution in [0.2, 0.25) is 0 Å². The Bertz CT molecular complexity index is 751. The van der Waals surface area contributed by atoms with E-state index < -0.39 is 0 Å². The summed E-state index contributed by atoms with van der Waals surface area (Å²) in [5.41, 5.74) is 3.66. The molecule has 2 amide bonds. The summed E-state index contributed by atoms with van der Waals surface area (Å²) in [4.78, 5) is 25.8. The van der Waals surface area contributed by atoms with Crippen LogP contribution in [0.4, 0.5) is 11.4 Å². The highest BCUT2D eigenvalue weighted by molar-refractivity contribution is 5.95. The first-order valence-electron chi connectivity index (χ1n) is 8.19. The third-order valence-electron chi connectivity index (χ3n) is 3.81. The molecular weight excluding hydrogens is 316 g/mol. The molecule has 0 unspecified atom stereocenters. The standard InChI is InChI=1S/C20H24N2O3/c1-14-10-15(2)12-18(11-14)22(16(3)23)9-8-20(24)21-17-6-5-7-19(13-17)25-4/h5-7,10-13H,8-9H2,1-4H3,(H,21,24). The Hall–Kier alpha value is -2.82. The van der Waals surface area contributed by atoms with Gasteiger partial charge in [-0.15, -0.1) is 0 Å². The van der Waals surface area contributed by atoms with Gasteiger partial charge < -0.3 is 15.0 Å². The number of hydrogen-bond acceptors (Lipinski definition) is 3. The molecule has 0 aliphatic heterocycles.